The molecule has 1 atom stereocenters. The van der Waals surface area contributed by atoms with E-state index in [0.717, 1.165) is 10.6 Å². The molecule has 0 heterocycles. The fraction of sp³-hybridized carbons (Fsp3) is 0.562. The number of amides is 1. The number of hydrogen-bond donors (Lipinski definition) is 1. The van der Waals surface area contributed by atoms with Gasteiger partial charge in [0.15, 0.2) is 0 Å². The molecule has 1 amide bonds. The summed E-state index contributed by atoms with van der Waals surface area (Å²) in [5.41, 5.74) is 0.408. The molecule has 0 aromatic heterocycles. The number of benzene rings is 1. The van der Waals surface area contributed by atoms with Crippen molar-refractivity contribution in [3.05, 3.63) is 24.3 Å². The average molecular weight is 342 g/mol. The predicted molar refractivity (Wildman–Crippen MR) is 92.2 cm³/mol. The maximum atomic E-state index is 12.2. The van der Waals surface area contributed by atoms with E-state index in [1.165, 1.54) is 0 Å². The molecule has 0 spiro atoms. The first kappa shape index (κ1) is 19.3. The van der Waals surface area contributed by atoms with Gasteiger partial charge in [0.2, 0.25) is 15.9 Å². The van der Waals surface area contributed by atoms with Crippen molar-refractivity contribution < 1.29 is 17.9 Å². The van der Waals surface area contributed by atoms with Gasteiger partial charge in [-0.15, -0.1) is 0 Å². The monoisotopic (exact) mass is 342 g/mol. The lowest BCUT2D eigenvalue weighted by Gasteiger charge is -2.24. The summed E-state index contributed by atoms with van der Waals surface area (Å²) in [6.07, 6.45) is 1.08. The molecule has 1 unspecified atom stereocenters. The molecule has 0 fully saturated rings. The van der Waals surface area contributed by atoms with Crippen LogP contribution < -0.4 is 14.4 Å². The summed E-state index contributed by atoms with van der Waals surface area (Å²) in [4.78, 5) is 12.2. The van der Waals surface area contributed by atoms with Gasteiger partial charge < -0.3 is 10.1 Å². The maximum absolute atomic E-state index is 12.2. The molecule has 0 aliphatic heterocycles. The van der Waals surface area contributed by atoms with Crippen molar-refractivity contribution in [1.29, 1.82) is 0 Å². The van der Waals surface area contributed by atoms with Crippen molar-refractivity contribution in [2.75, 3.05) is 23.7 Å². The highest BCUT2D eigenvalue weighted by molar-refractivity contribution is 7.92. The first-order valence-electron chi connectivity index (χ1n) is 7.65. The number of anilines is 1. The summed E-state index contributed by atoms with van der Waals surface area (Å²) in [5.74, 6) is 0.500. The maximum Gasteiger partial charge on any atom is 0.240 e. The van der Waals surface area contributed by atoms with Crippen LogP contribution >= 0.6 is 0 Å². The third-order valence-corrected chi connectivity index (χ3v) is 4.63. The van der Waals surface area contributed by atoms with Gasteiger partial charge in [-0.2, -0.15) is 0 Å². The number of carbonyl (C=O) groups excluding carboxylic acids is 1. The minimum absolute atomic E-state index is 0.0290. The lowest BCUT2D eigenvalue weighted by molar-refractivity contribution is -0.120. The highest BCUT2D eigenvalue weighted by Gasteiger charge is 2.22. The molecule has 23 heavy (non-hydrogen) atoms. The molecule has 0 saturated heterocycles. The van der Waals surface area contributed by atoms with Crippen LogP contribution in [0.4, 0.5) is 5.69 Å². The zero-order chi connectivity index (χ0) is 17.6. The van der Waals surface area contributed by atoms with E-state index in [-0.39, 0.29) is 24.4 Å². The fourth-order valence-electron chi connectivity index (χ4n) is 1.89. The Hall–Kier alpha value is -1.76. The van der Waals surface area contributed by atoms with Crippen molar-refractivity contribution in [3.63, 3.8) is 0 Å². The average Bonchev–Trinajstić information content (AvgIpc) is 2.44. The molecule has 1 aromatic carbocycles. The van der Waals surface area contributed by atoms with Crippen molar-refractivity contribution >= 4 is 21.6 Å². The molecule has 0 saturated carbocycles. The van der Waals surface area contributed by atoms with Crippen LogP contribution in [0.1, 0.15) is 27.7 Å². The summed E-state index contributed by atoms with van der Waals surface area (Å²) in [5, 5.41) is 2.82. The van der Waals surface area contributed by atoms with Gasteiger partial charge in [0.25, 0.3) is 0 Å². The first-order chi connectivity index (χ1) is 10.6. The van der Waals surface area contributed by atoms with Crippen LogP contribution in [0.2, 0.25) is 0 Å². The number of ether oxygens (including phenoxy) is 1. The second-order valence-electron chi connectivity index (χ2n) is 5.80. The van der Waals surface area contributed by atoms with Crippen molar-refractivity contribution in [2.45, 2.75) is 33.7 Å². The first-order valence-corrected chi connectivity index (χ1v) is 9.50. The summed E-state index contributed by atoms with van der Waals surface area (Å²) in [6.45, 7) is 7.95. The van der Waals surface area contributed by atoms with E-state index in [1.807, 2.05) is 27.7 Å². The summed E-state index contributed by atoms with van der Waals surface area (Å²) < 4.78 is 30.6. The Morgan fingerprint density at radius 1 is 1.30 bits per heavy atom. The van der Waals surface area contributed by atoms with E-state index < -0.39 is 10.0 Å². The minimum atomic E-state index is -3.58. The molecule has 130 valence electrons. The number of sulfonamides is 1. The van der Waals surface area contributed by atoms with Crippen LogP contribution in [0.15, 0.2) is 24.3 Å². The summed E-state index contributed by atoms with van der Waals surface area (Å²) >= 11 is 0. The lowest BCUT2D eigenvalue weighted by Crippen LogP contribution is -2.44. The molecule has 6 nitrogen and oxygen atoms in total. The van der Waals surface area contributed by atoms with Gasteiger partial charge in [0.1, 0.15) is 12.3 Å². The van der Waals surface area contributed by atoms with E-state index in [1.54, 1.807) is 24.3 Å². The molecular formula is C16H26N2O4S. The highest BCUT2D eigenvalue weighted by atomic mass is 32.2. The topological polar surface area (TPSA) is 75.7 Å². The summed E-state index contributed by atoms with van der Waals surface area (Å²) in [7, 11) is -3.58. The fourth-order valence-corrected chi connectivity index (χ4v) is 2.74. The molecule has 1 aromatic rings. The number of hydrogen-bond acceptors (Lipinski definition) is 4. The second-order valence-corrected chi connectivity index (χ2v) is 7.71. The van der Waals surface area contributed by atoms with Gasteiger partial charge in [-0.25, -0.2) is 8.42 Å². The Kier molecular flexibility index (Phi) is 6.87. The van der Waals surface area contributed by atoms with Crippen LogP contribution in [0.5, 0.6) is 5.75 Å². The van der Waals surface area contributed by atoms with E-state index in [4.69, 9.17) is 4.74 Å². The molecule has 1 rings (SSSR count). The van der Waals surface area contributed by atoms with E-state index in [2.05, 4.69) is 5.32 Å². The minimum Gasteiger partial charge on any atom is -0.494 e. The number of carbonyl (C=O) groups is 1. The van der Waals surface area contributed by atoms with Crippen molar-refractivity contribution in [3.8, 4) is 5.75 Å². The standard InChI is InChI=1S/C16H26N2O4S/c1-6-22-15-9-7-8-14(10-15)18(23(5,20)21)11-16(19)17-13(4)12(2)3/h7-10,12-13H,6,11H2,1-5H3,(H,17,19). The summed E-state index contributed by atoms with van der Waals surface area (Å²) in [6, 6.07) is 6.67. The molecular weight excluding hydrogens is 316 g/mol. The van der Waals surface area contributed by atoms with Gasteiger partial charge in [-0.05, 0) is 31.9 Å². The molecule has 7 heteroatoms. The number of rotatable bonds is 8. The Morgan fingerprint density at radius 3 is 2.48 bits per heavy atom. The molecule has 0 aliphatic rings. The third-order valence-electron chi connectivity index (χ3n) is 3.49. The van der Waals surface area contributed by atoms with Gasteiger partial charge in [-0.1, -0.05) is 19.9 Å². The number of nitrogens with zero attached hydrogens (tertiary/aromatic N) is 1. The molecule has 1 N–H and O–H groups in total. The molecule has 0 aliphatic carbocycles. The number of nitrogens with one attached hydrogen (secondary N) is 1. The Morgan fingerprint density at radius 2 is 1.96 bits per heavy atom. The van der Waals surface area contributed by atoms with Crippen molar-refractivity contribution in [2.24, 2.45) is 5.92 Å². The Bertz CT molecular complexity index is 629. The third kappa shape index (κ3) is 6.09. The SMILES string of the molecule is CCOc1cccc(N(CC(=O)NC(C)C(C)C)S(C)(=O)=O)c1. The smallest absolute Gasteiger partial charge is 0.240 e. The second kappa shape index (κ2) is 8.19. The van der Waals surface area contributed by atoms with E-state index >= 15 is 0 Å². The zero-order valence-corrected chi connectivity index (χ0v) is 15.2. The lowest BCUT2D eigenvalue weighted by atomic mass is 10.1. The van der Waals surface area contributed by atoms with Crippen molar-refractivity contribution in [1.82, 2.24) is 5.32 Å². The Balaban J connectivity index is 2.98. The Labute approximate surface area is 138 Å². The van der Waals surface area contributed by atoms with Crippen LogP contribution in [0.25, 0.3) is 0 Å². The van der Waals surface area contributed by atoms with Gasteiger partial charge in [0, 0.05) is 12.1 Å². The van der Waals surface area contributed by atoms with E-state index in [9.17, 15) is 13.2 Å². The van der Waals surface area contributed by atoms with Gasteiger partial charge in [0.05, 0.1) is 18.6 Å². The van der Waals surface area contributed by atoms with Crippen LogP contribution in [-0.2, 0) is 14.8 Å². The van der Waals surface area contributed by atoms with E-state index in [0.29, 0.717) is 18.0 Å². The van der Waals surface area contributed by atoms with Crippen LogP contribution in [-0.4, -0.2) is 39.8 Å². The normalized spacial score (nSPS) is 12.8. The molecule has 0 bridgehead atoms. The van der Waals surface area contributed by atoms with Crippen LogP contribution in [0, 0.1) is 5.92 Å². The zero-order valence-electron chi connectivity index (χ0n) is 14.4. The largest absolute Gasteiger partial charge is 0.494 e. The van der Waals surface area contributed by atoms with Gasteiger partial charge >= 0.3 is 0 Å². The highest BCUT2D eigenvalue weighted by Crippen LogP contribution is 2.23. The molecule has 0 radical (unpaired) electrons. The van der Waals surface area contributed by atoms with Gasteiger partial charge in [-0.3, -0.25) is 9.10 Å². The quantitative estimate of drug-likeness (QED) is 0.784. The predicted octanol–water partition coefficient (Wildman–Crippen LogP) is 2.01. The van der Waals surface area contributed by atoms with Crippen LogP contribution in [0.3, 0.4) is 0 Å².